The highest BCUT2D eigenvalue weighted by Gasteiger charge is 2.36. The molecule has 1 atom stereocenters. The zero-order valence-corrected chi connectivity index (χ0v) is 14.0. The van der Waals surface area contributed by atoms with Crippen LogP contribution >= 0.6 is 11.6 Å². The Labute approximate surface area is 143 Å². The Morgan fingerprint density at radius 1 is 1.33 bits per heavy atom. The van der Waals surface area contributed by atoms with Crippen LogP contribution < -0.4 is 4.72 Å². The van der Waals surface area contributed by atoms with Crippen molar-refractivity contribution >= 4 is 34.6 Å². The summed E-state index contributed by atoms with van der Waals surface area (Å²) in [5.74, 6) is -1.32. The van der Waals surface area contributed by atoms with Gasteiger partial charge >= 0.3 is 12.1 Å². The summed E-state index contributed by atoms with van der Waals surface area (Å²) in [5, 5.41) is 9.09. The Morgan fingerprint density at radius 3 is 2.50 bits per heavy atom. The minimum Gasteiger partial charge on any atom is -0.588 e. The molecule has 3 N–H and O–H groups in total. The molecule has 0 aliphatic rings. The number of aryl methyl sites for hydroxylation is 2. The Morgan fingerprint density at radius 2 is 1.96 bits per heavy atom. The molecule has 1 aromatic heterocycles. The average molecular weight is 381 g/mol. The van der Waals surface area contributed by atoms with Gasteiger partial charge in [0.25, 0.3) is 0 Å². The van der Waals surface area contributed by atoms with Crippen LogP contribution in [0.5, 0.6) is 0 Å². The fourth-order valence-electron chi connectivity index (χ4n) is 2.24. The normalized spacial score (nSPS) is 13.0. The van der Waals surface area contributed by atoms with Crippen molar-refractivity contribution in [3.8, 4) is 0 Å². The van der Waals surface area contributed by atoms with Gasteiger partial charge in [0.15, 0.2) is 0 Å². The van der Waals surface area contributed by atoms with Crippen molar-refractivity contribution in [1.82, 2.24) is 4.98 Å². The largest absolute Gasteiger partial charge is 0.588 e. The van der Waals surface area contributed by atoms with E-state index in [-0.39, 0.29) is 21.2 Å². The van der Waals surface area contributed by atoms with Crippen LogP contribution in [0.3, 0.4) is 0 Å². The Bertz CT molecular complexity index is 792. The van der Waals surface area contributed by atoms with Gasteiger partial charge in [0, 0.05) is 10.7 Å². The van der Waals surface area contributed by atoms with Crippen LogP contribution in [-0.2, 0) is 17.5 Å². The number of halogens is 4. The van der Waals surface area contributed by atoms with Gasteiger partial charge in [-0.3, -0.25) is 0 Å². The van der Waals surface area contributed by atoms with E-state index in [1.165, 1.54) is 19.9 Å². The summed E-state index contributed by atoms with van der Waals surface area (Å²) in [7, 11) is 0. The number of carboxylic acid groups (broad SMARTS) is 1. The monoisotopic (exact) mass is 380 g/mol. The Balaban J connectivity index is 2.45. The van der Waals surface area contributed by atoms with E-state index < -0.39 is 34.8 Å². The van der Waals surface area contributed by atoms with E-state index >= 15 is 0 Å². The minimum absolute atomic E-state index is 0.108. The van der Waals surface area contributed by atoms with Gasteiger partial charge in [-0.05, 0) is 32.0 Å². The van der Waals surface area contributed by atoms with Gasteiger partial charge in [-0.25, -0.2) is 9.52 Å². The molecule has 0 aliphatic carbocycles. The molecule has 5 nitrogen and oxygen atoms in total. The van der Waals surface area contributed by atoms with E-state index in [0.29, 0.717) is 11.8 Å². The number of nitrogens with one attached hydrogen (secondary N) is 2. The van der Waals surface area contributed by atoms with E-state index in [4.69, 9.17) is 11.6 Å². The molecule has 1 aromatic carbocycles. The number of hydrogen-bond acceptors (Lipinski definition) is 3. The topological polar surface area (TPSA) is 88.2 Å². The molecule has 0 fully saturated rings. The third kappa shape index (κ3) is 3.63. The zero-order valence-electron chi connectivity index (χ0n) is 12.4. The number of hydrogen-bond donors (Lipinski definition) is 3. The number of aromatic nitrogens is 1. The molecule has 0 saturated heterocycles. The molecule has 2 aromatic rings. The van der Waals surface area contributed by atoms with Crippen molar-refractivity contribution in [2.24, 2.45) is 0 Å². The number of rotatable bonds is 4. The second-order valence-electron chi connectivity index (χ2n) is 4.94. The van der Waals surface area contributed by atoms with E-state index in [2.05, 4.69) is 9.71 Å². The first-order valence-corrected chi connectivity index (χ1v) is 8.02. The maximum atomic E-state index is 13.1. The molecule has 0 saturated carbocycles. The number of benzene rings is 1. The third-order valence-corrected chi connectivity index (χ3v) is 4.73. The summed E-state index contributed by atoms with van der Waals surface area (Å²) in [4.78, 5) is 13.9. The zero-order chi connectivity index (χ0) is 18.2. The lowest BCUT2D eigenvalue weighted by Crippen LogP contribution is -2.19. The molecule has 0 amide bonds. The molecule has 0 radical (unpaired) electrons. The van der Waals surface area contributed by atoms with Gasteiger partial charge < -0.3 is 14.6 Å². The fourth-order valence-corrected chi connectivity index (χ4v) is 3.65. The van der Waals surface area contributed by atoms with E-state index in [1.807, 2.05) is 0 Å². The van der Waals surface area contributed by atoms with Crippen LogP contribution in [0.25, 0.3) is 0 Å². The lowest BCUT2D eigenvalue weighted by molar-refractivity contribution is -0.136. The summed E-state index contributed by atoms with van der Waals surface area (Å²) in [5.41, 5.74) is -1.23. The van der Waals surface area contributed by atoms with Crippen molar-refractivity contribution in [1.29, 1.82) is 0 Å². The molecule has 0 aliphatic heterocycles. The number of aromatic amines is 1. The quantitative estimate of drug-likeness (QED) is 0.696. The maximum Gasteiger partial charge on any atom is 0.418 e. The van der Waals surface area contributed by atoms with E-state index in [1.54, 1.807) is 0 Å². The fraction of sp³-hybridized carbons (Fsp3) is 0.214. The molecular weight excluding hydrogens is 369 g/mol. The summed E-state index contributed by atoms with van der Waals surface area (Å²) < 4.78 is 53.9. The van der Waals surface area contributed by atoms with Crippen LogP contribution in [0.2, 0.25) is 5.02 Å². The molecule has 0 spiro atoms. The predicted molar refractivity (Wildman–Crippen MR) is 83.7 cm³/mol. The highest BCUT2D eigenvalue weighted by molar-refractivity contribution is 7.92. The average Bonchev–Trinajstić information content (AvgIpc) is 2.74. The number of alkyl halides is 3. The standard InChI is InChI=1S/C14H12ClF3N2O3S/c1-6-11(13(21)22)12(7(2)19-6)24(23)20-10-4-3-8(15)5-9(10)14(16,17)18/h3-5,19-20H,1-2H3,(H,21,22). The van der Waals surface area contributed by atoms with Crippen molar-refractivity contribution < 1.29 is 27.6 Å². The van der Waals surface area contributed by atoms with Gasteiger partial charge in [-0.2, -0.15) is 13.2 Å². The Hall–Kier alpha value is -1.84. The third-order valence-electron chi connectivity index (χ3n) is 3.21. The van der Waals surface area contributed by atoms with Crippen molar-refractivity contribution in [2.75, 3.05) is 4.72 Å². The summed E-state index contributed by atoms with van der Waals surface area (Å²) >= 11 is 3.37. The second kappa shape index (κ2) is 6.58. The predicted octanol–water partition coefficient (Wildman–Crippen LogP) is 4.14. The van der Waals surface area contributed by atoms with Gasteiger partial charge in [-0.1, -0.05) is 11.6 Å². The first-order valence-electron chi connectivity index (χ1n) is 6.50. The molecule has 1 heterocycles. The first-order chi connectivity index (χ1) is 11.0. The molecule has 10 heteroatoms. The molecule has 1 unspecified atom stereocenters. The van der Waals surface area contributed by atoms with Gasteiger partial charge in [0.2, 0.25) is 4.90 Å². The van der Waals surface area contributed by atoms with Crippen molar-refractivity contribution in [3.63, 3.8) is 0 Å². The molecule has 24 heavy (non-hydrogen) atoms. The molecular formula is C14H12ClF3N2O3S. The number of H-pyrrole nitrogens is 1. The first kappa shape index (κ1) is 18.5. The number of carboxylic acids is 1. The Kier molecular flexibility index (Phi) is 5.07. The van der Waals surface area contributed by atoms with Gasteiger partial charge in [0.05, 0.1) is 16.9 Å². The van der Waals surface area contributed by atoms with E-state index in [9.17, 15) is 27.6 Å². The maximum absolute atomic E-state index is 13.1. The number of aromatic carboxylic acids is 1. The smallest absolute Gasteiger partial charge is 0.418 e. The van der Waals surface area contributed by atoms with E-state index in [0.717, 1.165) is 6.07 Å². The lowest BCUT2D eigenvalue weighted by Gasteiger charge is -2.16. The van der Waals surface area contributed by atoms with Crippen LogP contribution in [0.4, 0.5) is 18.9 Å². The molecule has 2 rings (SSSR count). The molecule has 0 bridgehead atoms. The van der Waals surface area contributed by atoms with Crippen molar-refractivity contribution in [2.45, 2.75) is 24.9 Å². The second-order valence-corrected chi connectivity index (χ2v) is 6.53. The highest BCUT2D eigenvalue weighted by Crippen LogP contribution is 2.37. The lowest BCUT2D eigenvalue weighted by atomic mass is 10.2. The summed E-state index contributed by atoms with van der Waals surface area (Å²) in [6.07, 6.45) is -4.71. The minimum atomic E-state index is -4.71. The van der Waals surface area contributed by atoms with Crippen molar-refractivity contribution in [3.05, 3.63) is 45.7 Å². The molecule has 130 valence electrons. The SMILES string of the molecule is Cc1[nH]c(C)c([S+]([O-])Nc2ccc(Cl)cc2C(F)(F)F)c1C(=O)O. The van der Waals surface area contributed by atoms with Gasteiger partial charge in [0.1, 0.15) is 16.9 Å². The highest BCUT2D eigenvalue weighted by atomic mass is 35.5. The van der Waals surface area contributed by atoms with Gasteiger partial charge in [-0.15, -0.1) is 0 Å². The summed E-state index contributed by atoms with van der Waals surface area (Å²) in [6, 6.07) is 2.95. The van der Waals surface area contributed by atoms with Crippen LogP contribution in [0.15, 0.2) is 23.1 Å². The summed E-state index contributed by atoms with van der Waals surface area (Å²) in [6.45, 7) is 2.96. The number of anilines is 1. The van der Waals surface area contributed by atoms with Crippen LogP contribution in [0, 0.1) is 13.8 Å². The number of carbonyl (C=O) groups is 1. The van der Waals surface area contributed by atoms with Crippen LogP contribution in [0.1, 0.15) is 27.3 Å². The van der Waals surface area contributed by atoms with Crippen LogP contribution in [-0.4, -0.2) is 20.6 Å².